The molecule has 72 valence electrons. The molecule has 12 heavy (non-hydrogen) atoms. The van der Waals surface area contributed by atoms with Gasteiger partial charge < -0.3 is 5.73 Å². The fraction of sp³-hybridized carbons (Fsp3) is 1.00. The van der Waals surface area contributed by atoms with E-state index in [9.17, 15) is 0 Å². The van der Waals surface area contributed by atoms with Gasteiger partial charge in [0.05, 0.1) is 0 Å². The quantitative estimate of drug-likeness (QED) is 0.629. The summed E-state index contributed by atoms with van der Waals surface area (Å²) in [7, 11) is 0. The van der Waals surface area contributed by atoms with Crippen molar-refractivity contribution >= 4 is 0 Å². The molecule has 0 radical (unpaired) electrons. The van der Waals surface area contributed by atoms with Crippen molar-refractivity contribution in [1.29, 1.82) is 0 Å². The molecule has 0 amide bonds. The van der Waals surface area contributed by atoms with Gasteiger partial charge in [-0.15, -0.1) is 0 Å². The highest BCUT2D eigenvalue weighted by Crippen LogP contribution is 2.43. The number of hydrogen-bond donors (Lipinski definition) is 1. The highest BCUT2D eigenvalue weighted by Gasteiger charge is 2.39. The SMILES string of the molecule is CCCCCC[C@@]1(C)CCC1N. The van der Waals surface area contributed by atoms with Crippen LogP contribution in [0.3, 0.4) is 0 Å². The van der Waals surface area contributed by atoms with Crippen LogP contribution in [0.4, 0.5) is 0 Å². The monoisotopic (exact) mass is 169 g/mol. The molecule has 1 aliphatic rings. The van der Waals surface area contributed by atoms with Gasteiger partial charge in [-0.25, -0.2) is 0 Å². The lowest BCUT2D eigenvalue weighted by Crippen LogP contribution is -2.48. The Labute approximate surface area is 76.7 Å². The van der Waals surface area contributed by atoms with Crippen molar-refractivity contribution in [2.24, 2.45) is 11.1 Å². The topological polar surface area (TPSA) is 26.0 Å². The lowest BCUT2D eigenvalue weighted by Gasteiger charge is -2.45. The highest BCUT2D eigenvalue weighted by molar-refractivity contribution is 4.94. The maximum absolute atomic E-state index is 5.97. The van der Waals surface area contributed by atoms with Gasteiger partial charge in [-0.3, -0.25) is 0 Å². The summed E-state index contributed by atoms with van der Waals surface area (Å²) in [5.74, 6) is 0. The molecule has 1 saturated carbocycles. The van der Waals surface area contributed by atoms with E-state index in [1.807, 2.05) is 0 Å². The van der Waals surface area contributed by atoms with Gasteiger partial charge in [0.2, 0.25) is 0 Å². The van der Waals surface area contributed by atoms with Crippen molar-refractivity contribution in [2.45, 2.75) is 64.8 Å². The molecule has 1 heteroatoms. The Balaban J connectivity index is 2.06. The average Bonchev–Trinajstić information content (AvgIpc) is 2.09. The summed E-state index contributed by atoms with van der Waals surface area (Å²) in [6.07, 6.45) is 9.49. The Bertz CT molecular complexity index is 133. The maximum atomic E-state index is 5.97. The molecule has 2 atom stereocenters. The Kier molecular flexibility index (Phi) is 3.57. The molecule has 1 aliphatic carbocycles. The van der Waals surface area contributed by atoms with Gasteiger partial charge >= 0.3 is 0 Å². The van der Waals surface area contributed by atoms with Crippen molar-refractivity contribution < 1.29 is 0 Å². The summed E-state index contributed by atoms with van der Waals surface area (Å²) in [5.41, 5.74) is 6.48. The second kappa shape index (κ2) is 4.27. The molecule has 1 rings (SSSR count). The van der Waals surface area contributed by atoms with Crippen molar-refractivity contribution in [3.05, 3.63) is 0 Å². The molecule has 2 N–H and O–H groups in total. The normalized spacial score (nSPS) is 34.8. The third kappa shape index (κ3) is 2.22. The van der Waals surface area contributed by atoms with Crippen molar-refractivity contribution in [2.75, 3.05) is 0 Å². The summed E-state index contributed by atoms with van der Waals surface area (Å²) in [4.78, 5) is 0. The standard InChI is InChI=1S/C11H23N/c1-3-4-5-6-8-11(2)9-7-10(11)12/h10H,3-9,12H2,1-2H3/t10?,11-/m0/s1. The fourth-order valence-corrected chi connectivity index (χ4v) is 2.07. The Morgan fingerprint density at radius 1 is 1.33 bits per heavy atom. The molecule has 0 bridgehead atoms. The summed E-state index contributed by atoms with van der Waals surface area (Å²) in [6, 6.07) is 0.499. The van der Waals surface area contributed by atoms with Gasteiger partial charge in [-0.1, -0.05) is 39.5 Å². The van der Waals surface area contributed by atoms with Gasteiger partial charge in [-0.2, -0.15) is 0 Å². The number of rotatable bonds is 5. The van der Waals surface area contributed by atoms with E-state index in [0.29, 0.717) is 11.5 Å². The average molecular weight is 169 g/mol. The highest BCUT2D eigenvalue weighted by atomic mass is 14.7. The minimum atomic E-state index is 0.499. The smallest absolute Gasteiger partial charge is 0.00931 e. The van der Waals surface area contributed by atoms with Gasteiger partial charge in [-0.05, 0) is 24.7 Å². The van der Waals surface area contributed by atoms with Gasteiger partial charge in [0, 0.05) is 6.04 Å². The predicted molar refractivity (Wildman–Crippen MR) is 54.1 cm³/mol. The van der Waals surface area contributed by atoms with E-state index in [1.54, 1.807) is 0 Å². The van der Waals surface area contributed by atoms with Crippen LogP contribution >= 0.6 is 0 Å². The zero-order chi connectivity index (χ0) is 9.03. The number of nitrogens with two attached hydrogens (primary N) is 1. The van der Waals surface area contributed by atoms with Crippen LogP contribution in [-0.4, -0.2) is 6.04 Å². The van der Waals surface area contributed by atoms with Gasteiger partial charge in [0.25, 0.3) is 0 Å². The molecule has 0 heterocycles. The van der Waals surface area contributed by atoms with Crippen LogP contribution in [0.5, 0.6) is 0 Å². The molecule has 1 nitrogen and oxygen atoms in total. The first-order valence-corrected chi connectivity index (χ1v) is 5.44. The van der Waals surface area contributed by atoms with Crippen LogP contribution in [0.15, 0.2) is 0 Å². The van der Waals surface area contributed by atoms with E-state index in [1.165, 1.54) is 44.9 Å². The second-order valence-corrected chi connectivity index (χ2v) is 4.61. The third-order valence-corrected chi connectivity index (χ3v) is 3.52. The van der Waals surface area contributed by atoms with E-state index in [0.717, 1.165) is 0 Å². The molecule has 0 aromatic heterocycles. The summed E-state index contributed by atoms with van der Waals surface area (Å²) in [6.45, 7) is 4.61. The van der Waals surface area contributed by atoms with Crippen LogP contribution in [0.1, 0.15) is 58.8 Å². The summed E-state index contributed by atoms with van der Waals surface area (Å²) >= 11 is 0. The number of hydrogen-bond acceptors (Lipinski definition) is 1. The number of unbranched alkanes of at least 4 members (excludes halogenated alkanes) is 3. The van der Waals surface area contributed by atoms with E-state index in [2.05, 4.69) is 13.8 Å². The lowest BCUT2D eigenvalue weighted by atomic mass is 9.63. The minimum absolute atomic E-state index is 0.499. The van der Waals surface area contributed by atoms with Crippen LogP contribution in [0, 0.1) is 5.41 Å². The third-order valence-electron chi connectivity index (χ3n) is 3.52. The lowest BCUT2D eigenvalue weighted by molar-refractivity contribution is 0.101. The molecule has 0 aromatic rings. The van der Waals surface area contributed by atoms with Crippen LogP contribution in [0.2, 0.25) is 0 Å². The minimum Gasteiger partial charge on any atom is -0.327 e. The van der Waals surface area contributed by atoms with Gasteiger partial charge in [0.1, 0.15) is 0 Å². The van der Waals surface area contributed by atoms with Crippen LogP contribution in [-0.2, 0) is 0 Å². The first kappa shape index (κ1) is 10.0. The largest absolute Gasteiger partial charge is 0.327 e. The molecule has 0 aromatic carbocycles. The Morgan fingerprint density at radius 3 is 2.50 bits per heavy atom. The van der Waals surface area contributed by atoms with Crippen molar-refractivity contribution in [3.8, 4) is 0 Å². The Morgan fingerprint density at radius 2 is 2.08 bits per heavy atom. The maximum Gasteiger partial charge on any atom is 0.00931 e. The summed E-state index contributed by atoms with van der Waals surface area (Å²) in [5, 5.41) is 0. The zero-order valence-electron chi connectivity index (χ0n) is 8.60. The molecule has 1 unspecified atom stereocenters. The van der Waals surface area contributed by atoms with E-state index in [4.69, 9.17) is 5.73 Å². The molecular weight excluding hydrogens is 146 g/mol. The Hall–Kier alpha value is -0.0400. The predicted octanol–water partition coefficient (Wildman–Crippen LogP) is 3.08. The van der Waals surface area contributed by atoms with Gasteiger partial charge in [0.15, 0.2) is 0 Å². The zero-order valence-corrected chi connectivity index (χ0v) is 8.60. The molecular formula is C11H23N. The second-order valence-electron chi connectivity index (χ2n) is 4.61. The van der Waals surface area contributed by atoms with E-state index in [-0.39, 0.29) is 0 Å². The van der Waals surface area contributed by atoms with Crippen LogP contribution in [0.25, 0.3) is 0 Å². The van der Waals surface area contributed by atoms with E-state index < -0.39 is 0 Å². The van der Waals surface area contributed by atoms with Crippen LogP contribution < -0.4 is 5.73 Å². The van der Waals surface area contributed by atoms with E-state index >= 15 is 0 Å². The van der Waals surface area contributed by atoms with Crippen molar-refractivity contribution in [3.63, 3.8) is 0 Å². The molecule has 0 spiro atoms. The fourth-order valence-electron chi connectivity index (χ4n) is 2.07. The van der Waals surface area contributed by atoms with Crippen molar-refractivity contribution in [1.82, 2.24) is 0 Å². The molecule has 1 fully saturated rings. The first-order valence-electron chi connectivity index (χ1n) is 5.44. The first-order chi connectivity index (χ1) is 5.69. The molecule has 0 saturated heterocycles. The molecule has 0 aliphatic heterocycles. The summed E-state index contributed by atoms with van der Waals surface area (Å²) < 4.78 is 0.